The summed E-state index contributed by atoms with van der Waals surface area (Å²) in [6.07, 6.45) is 2.82. The fourth-order valence-electron chi connectivity index (χ4n) is 4.81. The van der Waals surface area contributed by atoms with Crippen LogP contribution in [0.3, 0.4) is 0 Å². The Labute approximate surface area is 211 Å². The molecule has 4 rings (SSSR count). The van der Waals surface area contributed by atoms with E-state index in [1.165, 1.54) is 23.3 Å². The average Bonchev–Trinajstić information content (AvgIpc) is 2.89. The Bertz CT molecular complexity index is 1180. The number of carboxylic acids is 1. The molecule has 36 heavy (non-hydrogen) atoms. The molecule has 0 fully saturated rings. The monoisotopic (exact) mass is 489 g/mol. The van der Waals surface area contributed by atoms with Crippen LogP contribution in [0.15, 0.2) is 72.8 Å². The van der Waals surface area contributed by atoms with Crippen LogP contribution in [0.1, 0.15) is 59.2 Å². The SMILES string of the molecule is C[C@H](CCCC(=O)[C@H]1Cc2ccccc2CN1CCOc1ccc(F)cc1)c1ccc(C(=O)O)cc1. The molecule has 2 atom stereocenters. The first kappa shape index (κ1) is 25.6. The Balaban J connectivity index is 1.33. The van der Waals surface area contributed by atoms with Crippen molar-refractivity contribution in [1.29, 1.82) is 0 Å². The summed E-state index contributed by atoms with van der Waals surface area (Å²) in [5, 5.41) is 9.08. The second kappa shape index (κ2) is 12.0. The lowest BCUT2D eigenvalue weighted by atomic mass is 9.89. The number of Topliss-reactive ketones (excluding diaryl/α,β-unsaturated/α-hetero) is 1. The zero-order valence-corrected chi connectivity index (χ0v) is 20.5. The van der Waals surface area contributed by atoms with Crippen molar-refractivity contribution in [2.75, 3.05) is 13.2 Å². The van der Waals surface area contributed by atoms with Crippen molar-refractivity contribution in [3.63, 3.8) is 0 Å². The van der Waals surface area contributed by atoms with Gasteiger partial charge in [-0.15, -0.1) is 0 Å². The molecule has 1 aliphatic heterocycles. The highest BCUT2D eigenvalue weighted by atomic mass is 19.1. The Kier molecular flexibility index (Phi) is 8.49. The topological polar surface area (TPSA) is 66.8 Å². The number of carbonyl (C=O) groups excluding carboxylic acids is 1. The summed E-state index contributed by atoms with van der Waals surface area (Å²) in [6, 6.07) is 21.0. The number of benzene rings is 3. The maximum Gasteiger partial charge on any atom is 0.335 e. The van der Waals surface area contributed by atoms with Gasteiger partial charge < -0.3 is 9.84 Å². The molecule has 1 aliphatic rings. The summed E-state index contributed by atoms with van der Waals surface area (Å²) in [4.78, 5) is 26.6. The zero-order valence-electron chi connectivity index (χ0n) is 20.5. The van der Waals surface area contributed by atoms with E-state index in [1.54, 1.807) is 24.3 Å². The molecule has 0 saturated carbocycles. The predicted octanol–water partition coefficient (Wildman–Crippen LogP) is 5.87. The predicted molar refractivity (Wildman–Crippen MR) is 137 cm³/mol. The number of ether oxygens (including phenoxy) is 1. The average molecular weight is 490 g/mol. The zero-order chi connectivity index (χ0) is 25.5. The minimum absolute atomic E-state index is 0.193. The number of nitrogens with zero attached hydrogens (tertiary/aromatic N) is 1. The van der Waals surface area contributed by atoms with Crippen LogP contribution >= 0.6 is 0 Å². The highest BCUT2D eigenvalue weighted by Gasteiger charge is 2.30. The quantitative estimate of drug-likeness (QED) is 0.365. The van der Waals surface area contributed by atoms with Crippen molar-refractivity contribution in [2.24, 2.45) is 0 Å². The van der Waals surface area contributed by atoms with E-state index in [4.69, 9.17) is 9.84 Å². The van der Waals surface area contributed by atoms with Crippen LogP contribution in [0.4, 0.5) is 4.39 Å². The van der Waals surface area contributed by atoms with Crippen LogP contribution in [0.2, 0.25) is 0 Å². The fraction of sp³-hybridized carbons (Fsp3) is 0.333. The standard InChI is InChI=1S/C30H32FNO4/c1-21(22-9-11-23(12-10-22)30(34)35)5-4-8-29(33)28-19-24-6-2-3-7-25(24)20-32(28)17-18-36-27-15-13-26(31)14-16-27/h2-3,6-7,9-16,21,28H,4-5,8,17-20H2,1H3,(H,34,35)/t21-,28-/m1/s1. The maximum atomic E-state index is 13.3. The number of ketones is 1. The Morgan fingerprint density at radius 1 is 1.03 bits per heavy atom. The third kappa shape index (κ3) is 6.58. The molecule has 0 unspecified atom stereocenters. The smallest absolute Gasteiger partial charge is 0.335 e. The van der Waals surface area contributed by atoms with E-state index >= 15 is 0 Å². The summed E-state index contributed by atoms with van der Waals surface area (Å²) < 4.78 is 19.0. The number of rotatable bonds is 11. The summed E-state index contributed by atoms with van der Waals surface area (Å²) in [5.74, 6) is -0.136. The summed E-state index contributed by atoms with van der Waals surface area (Å²) in [6.45, 7) is 3.83. The number of hydrogen-bond acceptors (Lipinski definition) is 4. The molecule has 0 bridgehead atoms. The Hall–Kier alpha value is -3.51. The molecule has 3 aromatic carbocycles. The molecule has 0 spiro atoms. The van der Waals surface area contributed by atoms with Crippen LogP contribution in [-0.2, 0) is 17.8 Å². The Morgan fingerprint density at radius 2 is 1.72 bits per heavy atom. The molecule has 5 nitrogen and oxygen atoms in total. The van der Waals surface area contributed by atoms with E-state index < -0.39 is 5.97 Å². The molecule has 0 aromatic heterocycles. The van der Waals surface area contributed by atoms with Crippen LogP contribution < -0.4 is 4.74 Å². The van der Waals surface area contributed by atoms with Crippen molar-refractivity contribution < 1.29 is 23.8 Å². The van der Waals surface area contributed by atoms with Crippen molar-refractivity contribution >= 4 is 11.8 Å². The molecule has 6 heteroatoms. The minimum Gasteiger partial charge on any atom is -0.492 e. The third-order valence-electron chi connectivity index (χ3n) is 6.97. The normalized spacial score (nSPS) is 16.2. The number of hydrogen-bond donors (Lipinski definition) is 1. The molecule has 188 valence electrons. The second-order valence-corrected chi connectivity index (χ2v) is 9.45. The molecule has 0 radical (unpaired) electrons. The summed E-state index contributed by atoms with van der Waals surface area (Å²) >= 11 is 0. The Morgan fingerprint density at radius 3 is 2.42 bits per heavy atom. The molecule has 0 amide bonds. The van der Waals surface area contributed by atoms with Gasteiger partial charge in [-0.25, -0.2) is 9.18 Å². The molecule has 1 N–H and O–H groups in total. The van der Waals surface area contributed by atoms with Crippen molar-refractivity contribution in [3.8, 4) is 5.75 Å². The van der Waals surface area contributed by atoms with Crippen LogP contribution in [0, 0.1) is 5.82 Å². The highest BCUT2D eigenvalue weighted by Crippen LogP contribution is 2.27. The van der Waals surface area contributed by atoms with E-state index in [0.29, 0.717) is 38.3 Å². The van der Waals surface area contributed by atoms with Crippen LogP contribution in [0.25, 0.3) is 0 Å². The largest absolute Gasteiger partial charge is 0.492 e. The van der Waals surface area contributed by atoms with Crippen LogP contribution in [0.5, 0.6) is 5.75 Å². The van der Waals surface area contributed by atoms with Gasteiger partial charge in [0.05, 0.1) is 11.6 Å². The highest BCUT2D eigenvalue weighted by molar-refractivity contribution is 5.87. The van der Waals surface area contributed by atoms with Gasteiger partial charge in [0.2, 0.25) is 0 Å². The minimum atomic E-state index is -0.929. The van der Waals surface area contributed by atoms with Gasteiger partial charge >= 0.3 is 5.97 Å². The number of carbonyl (C=O) groups is 2. The first-order chi connectivity index (χ1) is 17.4. The fourth-order valence-corrected chi connectivity index (χ4v) is 4.81. The van der Waals surface area contributed by atoms with Crippen LogP contribution in [-0.4, -0.2) is 41.0 Å². The molecule has 0 saturated heterocycles. The number of halogens is 1. The van der Waals surface area contributed by atoms with Gasteiger partial charge in [0, 0.05) is 19.5 Å². The first-order valence-electron chi connectivity index (χ1n) is 12.5. The first-order valence-corrected chi connectivity index (χ1v) is 12.5. The molecule has 3 aromatic rings. The number of carboxylic acid groups (broad SMARTS) is 1. The van der Waals surface area contributed by atoms with Crippen molar-refractivity contribution in [3.05, 3.63) is 101 Å². The maximum absolute atomic E-state index is 13.3. The van der Waals surface area contributed by atoms with E-state index in [9.17, 15) is 14.0 Å². The third-order valence-corrected chi connectivity index (χ3v) is 6.97. The summed E-state index contributed by atoms with van der Waals surface area (Å²) in [5.41, 5.74) is 3.82. The lowest BCUT2D eigenvalue weighted by Crippen LogP contribution is -2.47. The molecule has 1 heterocycles. The van der Waals surface area contributed by atoms with Gasteiger partial charge in [-0.05, 0) is 78.3 Å². The van der Waals surface area contributed by atoms with E-state index in [1.807, 2.05) is 24.3 Å². The van der Waals surface area contributed by atoms with Gasteiger partial charge in [-0.3, -0.25) is 9.69 Å². The van der Waals surface area contributed by atoms with Gasteiger partial charge in [-0.2, -0.15) is 0 Å². The lowest BCUT2D eigenvalue weighted by molar-refractivity contribution is -0.125. The lowest BCUT2D eigenvalue weighted by Gasteiger charge is -2.36. The number of aromatic carboxylic acids is 1. The molecular weight excluding hydrogens is 457 g/mol. The van der Waals surface area contributed by atoms with Gasteiger partial charge in [0.25, 0.3) is 0 Å². The van der Waals surface area contributed by atoms with Gasteiger partial charge in [0.1, 0.15) is 24.0 Å². The van der Waals surface area contributed by atoms with Crippen molar-refractivity contribution in [1.82, 2.24) is 4.90 Å². The molecule has 0 aliphatic carbocycles. The van der Waals surface area contributed by atoms with Gasteiger partial charge in [-0.1, -0.05) is 43.3 Å². The van der Waals surface area contributed by atoms with Crippen molar-refractivity contribution in [2.45, 2.75) is 51.1 Å². The molecular formula is C30H32FNO4. The van der Waals surface area contributed by atoms with E-state index in [2.05, 4.69) is 24.0 Å². The van der Waals surface area contributed by atoms with E-state index in [-0.39, 0.29) is 29.1 Å². The number of fused-ring (bicyclic) bond motifs is 1. The van der Waals surface area contributed by atoms with E-state index in [0.717, 1.165) is 18.4 Å². The van der Waals surface area contributed by atoms with Gasteiger partial charge in [0.15, 0.2) is 0 Å². The summed E-state index contributed by atoms with van der Waals surface area (Å²) in [7, 11) is 0. The second-order valence-electron chi connectivity index (χ2n) is 9.45.